The van der Waals surface area contributed by atoms with E-state index < -0.39 is 10.2 Å². The summed E-state index contributed by atoms with van der Waals surface area (Å²) in [6.45, 7) is 2.28. The molecule has 0 amide bonds. The molecule has 2 aliphatic heterocycles. The second kappa shape index (κ2) is 5.94. The molecule has 0 atom stereocenters. The highest BCUT2D eigenvalue weighted by molar-refractivity contribution is 7.86. The van der Waals surface area contributed by atoms with Crippen molar-refractivity contribution in [2.24, 2.45) is 0 Å². The van der Waals surface area contributed by atoms with Gasteiger partial charge in [0, 0.05) is 31.9 Å². The monoisotopic (exact) mass is 309 g/mol. The van der Waals surface area contributed by atoms with Gasteiger partial charge in [0.2, 0.25) is 0 Å². The molecule has 1 fully saturated rings. The topological polar surface area (TPSA) is 66.6 Å². The third kappa shape index (κ3) is 2.93. The fourth-order valence-corrected chi connectivity index (χ4v) is 4.92. The van der Waals surface area contributed by atoms with Gasteiger partial charge in [0.15, 0.2) is 0 Å². The molecule has 2 aliphatic rings. The number of anilines is 1. The zero-order chi connectivity index (χ0) is 14.9. The van der Waals surface area contributed by atoms with Crippen LogP contribution in [0.5, 0.6) is 0 Å². The molecule has 0 spiro atoms. The van der Waals surface area contributed by atoms with Crippen molar-refractivity contribution in [3.05, 3.63) is 29.3 Å². The Hall–Kier alpha value is -1.11. The van der Waals surface area contributed by atoms with Crippen LogP contribution in [0.15, 0.2) is 18.2 Å². The van der Waals surface area contributed by atoms with Crippen LogP contribution in [0.4, 0.5) is 5.69 Å². The van der Waals surface area contributed by atoms with Crippen molar-refractivity contribution >= 4 is 15.9 Å². The normalized spacial score (nSPS) is 21.7. The summed E-state index contributed by atoms with van der Waals surface area (Å²) in [5, 5.41) is 0. The Bertz CT molecular complexity index is 607. The minimum absolute atomic E-state index is 0.444. The van der Waals surface area contributed by atoms with Gasteiger partial charge in [-0.15, -0.1) is 0 Å². The first-order valence-corrected chi connectivity index (χ1v) is 9.10. The minimum Gasteiger partial charge on any atom is -0.398 e. The van der Waals surface area contributed by atoms with E-state index >= 15 is 0 Å². The molecule has 1 aromatic carbocycles. The summed E-state index contributed by atoms with van der Waals surface area (Å²) in [6.07, 6.45) is 4.90. The van der Waals surface area contributed by atoms with Gasteiger partial charge in [-0.25, -0.2) is 0 Å². The molecule has 2 N–H and O–H groups in total. The average molecular weight is 309 g/mol. The van der Waals surface area contributed by atoms with Crippen molar-refractivity contribution < 1.29 is 8.42 Å². The average Bonchev–Trinajstić information content (AvgIpc) is 2.77. The first kappa shape index (κ1) is 14.8. The Kier molecular flexibility index (Phi) is 4.19. The van der Waals surface area contributed by atoms with Crippen molar-refractivity contribution in [2.75, 3.05) is 25.4 Å². The fraction of sp³-hybridized carbons (Fsp3) is 0.600. The van der Waals surface area contributed by atoms with Gasteiger partial charge in [-0.2, -0.15) is 17.0 Å². The number of nitrogens with zero attached hydrogens (tertiary/aromatic N) is 2. The van der Waals surface area contributed by atoms with E-state index in [1.54, 1.807) is 8.61 Å². The number of rotatable bonds is 2. The van der Waals surface area contributed by atoms with Gasteiger partial charge < -0.3 is 5.73 Å². The summed E-state index contributed by atoms with van der Waals surface area (Å²) < 4.78 is 28.9. The highest BCUT2D eigenvalue weighted by Gasteiger charge is 2.32. The maximum atomic E-state index is 12.8. The molecule has 1 aromatic rings. The van der Waals surface area contributed by atoms with Crippen molar-refractivity contribution in [1.82, 2.24) is 8.61 Å². The first-order valence-electron chi connectivity index (χ1n) is 7.70. The van der Waals surface area contributed by atoms with Crippen LogP contribution in [0.1, 0.15) is 36.8 Å². The van der Waals surface area contributed by atoms with Gasteiger partial charge >= 0.3 is 0 Å². The van der Waals surface area contributed by atoms with Crippen molar-refractivity contribution in [3.8, 4) is 0 Å². The van der Waals surface area contributed by atoms with Gasteiger partial charge in [0.1, 0.15) is 0 Å². The Labute approximate surface area is 126 Å². The maximum Gasteiger partial charge on any atom is 0.282 e. The lowest BCUT2D eigenvalue weighted by Gasteiger charge is -2.33. The van der Waals surface area contributed by atoms with Crippen LogP contribution in [0.25, 0.3) is 0 Å². The lowest BCUT2D eigenvalue weighted by atomic mass is 9.99. The van der Waals surface area contributed by atoms with Crippen LogP contribution in [0, 0.1) is 0 Å². The van der Waals surface area contributed by atoms with Crippen LogP contribution in [-0.4, -0.2) is 36.7 Å². The predicted octanol–water partition coefficient (Wildman–Crippen LogP) is 1.75. The SMILES string of the molecule is Nc1cccc2c1CCN(S(=O)(=O)N1CCCCCC1)C2. The maximum absolute atomic E-state index is 12.8. The Morgan fingerprint density at radius 2 is 1.67 bits per heavy atom. The number of nitrogens with two attached hydrogens (primary N) is 1. The molecule has 0 unspecified atom stereocenters. The molecule has 5 nitrogen and oxygen atoms in total. The number of hydrogen-bond acceptors (Lipinski definition) is 3. The van der Waals surface area contributed by atoms with E-state index in [0.29, 0.717) is 32.6 Å². The van der Waals surface area contributed by atoms with Gasteiger partial charge in [-0.3, -0.25) is 0 Å². The largest absolute Gasteiger partial charge is 0.398 e. The molecule has 0 saturated carbocycles. The van der Waals surface area contributed by atoms with Crippen molar-refractivity contribution in [1.29, 1.82) is 0 Å². The molecular formula is C15H23N3O2S. The molecule has 2 heterocycles. The number of benzene rings is 1. The van der Waals surface area contributed by atoms with E-state index in [0.717, 1.165) is 42.5 Å². The second-order valence-electron chi connectivity index (χ2n) is 5.89. The van der Waals surface area contributed by atoms with Gasteiger partial charge in [-0.05, 0) is 36.5 Å². The molecule has 0 radical (unpaired) electrons. The highest BCUT2D eigenvalue weighted by atomic mass is 32.2. The Balaban J connectivity index is 1.81. The third-order valence-corrected chi connectivity index (χ3v) is 6.47. The summed E-state index contributed by atoms with van der Waals surface area (Å²) in [5.74, 6) is 0. The summed E-state index contributed by atoms with van der Waals surface area (Å²) in [7, 11) is -3.34. The number of nitrogen functional groups attached to an aromatic ring is 1. The summed E-state index contributed by atoms with van der Waals surface area (Å²) in [4.78, 5) is 0. The Morgan fingerprint density at radius 1 is 0.952 bits per heavy atom. The zero-order valence-corrected chi connectivity index (χ0v) is 13.1. The van der Waals surface area contributed by atoms with Gasteiger partial charge in [0.25, 0.3) is 10.2 Å². The summed E-state index contributed by atoms with van der Waals surface area (Å²) in [6, 6.07) is 5.77. The lowest BCUT2D eigenvalue weighted by molar-refractivity contribution is 0.328. The zero-order valence-electron chi connectivity index (χ0n) is 12.3. The molecular weight excluding hydrogens is 286 g/mol. The van der Waals surface area contributed by atoms with E-state index in [1.807, 2.05) is 18.2 Å². The van der Waals surface area contributed by atoms with E-state index in [2.05, 4.69) is 0 Å². The van der Waals surface area contributed by atoms with Crippen LogP contribution in [-0.2, 0) is 23.2 Å². The molecule has 0 aromatic heterocycles. The van der Waals surface area contributed by atoms with E-state index in [4.69, 9.17) is 5.73 Å². The van der Waals surface area contributed by atoms with E-state index in [1.165, 1.54) is 0 Å². The van der Waals surface area contributed by atoms with E-state index in [9.17, 15) is 8.42 Å². The first-order chi connectivity index (χ1) is 10.1. The minimum atomic E-state index is -3.34. The fourth-order valence-electron chi connectivity index (χ4n) is 3.25. The number of fused-ring (bicyclic) bond motifs is 1. The second-order valence-corrected chi connectivity index (χ2v) is 7.82. The van der Waals surface area contributed by atoms with Crippen LogP contribution < -0.4 is 5.73 Å². The predicted molar refractivity (Wildman–Crippen MR) is 83.9 cm³/mol. The molecule has 1 saturated heterocycles. The van der Waals surface area contributed by atoms with E-state index in [-0.39, 0.29) is 0 Å². The van der Waals surface area contributed by atoms with Crippen LogP contribution in [0.3, 0.4) is 0 Å². The molecule has 116 valence electrons. The summed E-state index contributed by atoms with van der Waals surface area (Å²) >= 11 is 0. The standard InChI is InChI=1S/C15H23N3O2S/c16-15-7-5-6-13-12-18(11-8-14(13)15)21(19,20)17-9-3-1-2-4-10-17/h5-7H,1-4,8-12,16H2. The Morgan fingerprint density at radius 3 is 2.38 bits per heavy atom. The molecule has 0 aliphatic carbocycles. The van der Waals surface area contributed by atoms with Crippen molar-refractivity contribution in [2.45, 2.75) is 38.6 Å². The van der Waals surface area contributed by atoms with Gasteiger partial charge in [0.05, 0.1) is 0 Å². The molecule has 3 rings (SSSR count). The molecule has 6 heteroatoms. The number of hydrogen-bond donors (Lipinski definition) is 1. The summed E-state index contributed by atoms with van der Waals surface area (Å²) in [5.41, 5.74) is 8.91. The molecule has 21 heavy (non-hydrogen) atoms. The van der Waals surface area contributed by atoms with Crippen LogP contribution >= 0.6 is 0 Å². The van der Waals surface area contributed by atoms with Gasteiger partial charge in [-0.1, -0.05) is 25.0 Å². The smallest absolute Gasteiger partial charge is 0.282 e. The molecule has 0 bridgehead atoms. The third-order valence-electron chi connectivity index (χ3n) is 4.48. The lowest BCUT2D eigenvalue weighted by Crippen LogP contribution is -2.46. The van der Waals surface area contributed by atoms with Crippen molar-refractivity contribution in [3.63, 3.8) is 0 Å². The quantitative estimate of drug-likeness (QED) is 0.846. The highest BCUT2D eigenvalue weighted by Crippen LogP contribution is 2.27. The van der Waals surface area contributed by atoms with Crippen LogP contribution in [0.2, 0.25) is 0 Å².